The summed E-state index contributed by atoms with van der Waals surface area (Å²) in [5.74, 6) is 0. The molecular formula is C21H47NO5P+. The van der Waals surface area contributed by atoms with Crippen LogP contribution in [0.25, 0.3) is 0 Å². The highest BCUT2D eigenvalue weighted by Gasteiger charge is 2.30. The Labute approximate surface area is 173 Å². The topological polar surface area (TPSA) is 87.0 Å². The average molecular weight is 425 g/mol. The van der Waals surface area contributed by atoms with Gasteiger partial charge in [0.25, 0.3) is 0 Å². The summed E-state index contributed by atoms with van der Waals surface area (Å²) < 4.78 is 16.4. The third-order valence-electron chi connectivity index (χ3n) is 5.49. The first-order valence-corrected chi connectivity index (χ1v) is 13.0. The standard InChI is InChI=1S/C21H46NO5P/c1-4-7-10-13-16-22(17-14-11-8-5-2,18-15-12-9-6-3)19-21(23)20-27-28(24,25)26/h21,23H,4-20H2,1-3H3,(H-,24,25,26)/p+1. The Morgan fingerprint density at radius 2 is 1.14 bits per heavy atom. The van der Waals surface area contributed by atoms with Gasteiger partial charge in [0.15, 0.2) is 0 Å². The van der Waals surface area contributed by atoms with Crippen molar-refractivity contribution in [2.45, 2.75) is 104 Å². The van der Waals surface area contributed by atoms with Crippen LogP contribution in [0.1, 0.15) is 97.8 Å². The van der Waals surface area contributed by atoms with Crippen LogP contribution in [0, 0.1) is 0 Å². The minimum Gasteiger partial charge on any atom is -0.385 e. The average Bonchev–Trinajstić information content (AvgIpc) is 2.64. The Kier molecular flexibility index (Phi) is 16.8. The molecule has 0 amide bonds. The number of hydrogen-bond donors (Lipinski definition) is 3. The predicted molar refractivity (Wildman–Crippen MR) is 116 cm³/mol. The van der Waals surface area contributed by atoms with E-state index >= 15 is 0 Å². The number of nitrogens with zero attached hydrogens (tertiary/aromatic N) is 1. The van der Waals surface area contributed by atoms with E-state index in [1.165, 1.54) is 57.8 Å². The van der Waals surface area contributed by atoms with Gasteiger partial charge >= 0.3 is 7.82 Å². The van der Waals surface area contributed by atoms with Crippen LogP contribution in [0.15, 0.2) is 0 Å². The highest BCUT2D eigenvalue weighted by Crippen LogP contribution is 2.35. The van der Waals surface area contributed by atoms with E-state index in [-0.39, 0.29) is 6.61 Å². The van der Waals surface area contributed by atoms with E-state index in [2.05, 4.69) is 25.3 Å². The molecule has 1 unspecified atom stereocenters. The quantitative estimate of drug-likeness (QED) is 0.145. The first kappa shape index (κ1) is 28.0. The van der Waals surface area contributed by atoms with Crippen molar-refractivity contribution in [3.05, 3.63) is 0 Å². The van der Waals surface area contributed by atoms with Gasteiger partial charge in [0.1, 0.15) is 12.6 Å². The van der Waals surface area contributed by atoms with E-state index in [0.717, 1.165) is 43.4 Å². The summed E-state index contributed by atoms with van der Waals surface area (Å²) in [5.41, 5.74) is 0. The second-order valence-electron chi connectivity index (χ2n) is 8.32. The maximum absolute atomic E-state index is 11.0. The largest absolute Gasteiger partial charge is 0.469 e. The van der Waals surface area contributed by atoms with Gasteiger partial charge in [-0.2, -0.15) is 0 Å². The van der Waals surface area contributed by atoms with Crippen LogP contribution >= 0.6 is 7.82 Å². The second kappa shape index (κ2) is 16.8. The van der Waals surface area contributed by atoms with Crippen molar-refractivity contribution in [3.63, 3.8) is 0 Å². The minimum absolute atomic E-state index is 0.302. The highest BCUT2D eigenvalue weighted by molar-refractivity contribution is 7.46. The number of phosphoric ester groups is 1. The van der Waals surface area contributed by atoms with Gasteiger partial charge in [0, 0.05) is 0 Å². The number of aliphatic hydroxyl groups excluding tert-OH is 1. The van der Waals surface area contributed by atoms with Crippen molar-refractivity contribution in [1.82, 2.24) is 0 Å². The van der Waals surface area contributed by atoms with E-state index in [9.17, 15) is 9.67 Å². The molecule has 0 saturated carbocycles. The zero-order valence-corrected chi connectivity index (χ0v) is 19.5. The van der Waals surface area contributed by atoms with Gasteiger partial charge < -0.3 is 19.4 Å². The molecule has 0 aromatic heterocycles. The number of quaternary nitrogens is 1. The predicted octanol–water partition coefficient (Wildman–Crippen LogP) is 5.01. The van der Waals surface area contributed by atoms with Gasteiger partial charge in [-0.15, -0.1) is 0 Å². The molecule has 0 radical (unpaired) electrons. The lowest BCUT2D eigenvalue weighted by molar-refractivity contribution is -0.931. The molecular weight excluding hydrogens is 377 g/mol. The van der Waals surface area contributed by atoms with Crippen LogP contribution in [-0.4, -0.2) is 58.3 Å². The Morgan fingerprint density at radius 3 is 1.46 bits per heavy atom. The highest BCUT2D eigenvalue weighted by atomic mass is 31.2. The first-order valence-electron chi connectivity index (χ1n) is 11.5. The summed E-state index contributed by atoms with van der Waals surface area (Å²) in [4.78, 5) is 17.9. The van der Waals surface area contributed by atoms with Crippen LogP contribution < -0.4 is 0 Å². The monoisotopic (exact) mass is 424 g/mol. The fourth-order valence-corrected chi connectivity index (χ4v) is 4.28. The third kappa shape index (κ3) is 15.9. The molecule has 0 spiro atoms. The summed E-state index contributed by atoms with van der Waals surface area (Å²) >= 11 is 0. The maximum atomic E-state index is 11.0. The molecule has 0 saturated heterocycles. The first-order chi connectivity index (χ1) is 13.3. The number of rotatable bonds is 20. The molecule has 0 fully saturated rings. The molecule has 0 bridgehead atoms. The summed E-state index contributed by atoms with van der Waals surface area (Å²) in [6, 6.07) is 0. The van der Waals surface area contributed by atoms with Gasteiger partial charge in [-0.3, -0.25) is 4.52 Å². The molecule has 1 atom stereocenters. The fraction of sp³-hybridized carbons (Fsp3) is 1.00. The summed E-state index contributed by atoms with van der Waals surface area (Å²) in [6.45, 7) is 9.94. The third-order valence-corrected chi connectivity index (χ3v) is 5.98. The minimum atomic E-state index is -4.54. The second-order valence-corrected chi connectivity index (χ2v) is 9.56. The van der Waals surface area contributed by atoms with Gasteiger partial charge in [0.05, 0.1) is 26.2 Å². The van der Waals surface area contributed by atoms with Gasteiger partial charge in [-0.25, -0.2) is 4.57 Å². The van der Waals surface area contributed by atoms with Gasteiger partial charge in [-0.1, -0.05) is 59.3 Å². The summed E-state index contributed by atoms with van der Waals surface area (Å²) in [6.07, 6.45) is 13.5. The molecule has 0 aliphatic heterocycles. The zero-order valence-electron chi connectivity index (χ0n) is 18.7. The number of unbranched alkanes of at least 4 members (excludes halogenated alkanes) is 9. The van der Waals surface area contributed by atoms with E-state index in [1.54, 1.807) is 0 Å². The molecule has 0 heterocycles. The Morgan fingerprint density at radius 1 is 0.750 bits per heavy atom. The Hall–Kier alpha value is 0.0300. The molecule has 3 N–H and O–H groups in total. The lowest BCUT2D eigenvalue weighted by Gasteiger charge is -2.40. The van der Waals surface area contributed by atoms with Crippen LogP contribution in [0.5, 0.6) is 0 Å². The molecule has 0 aliphatic carbocycles. The normalized spacial score (nSPS) is 13.8. The SMILES string of the molecule is CCCCCC[N+](CCCCCC)(CCCCCC)CC(O)COP(=O)(O)O. The molecule has 7 heteroatoms. The lowest BCUT2D eigenvalue weighted by Crippen LogP contribution is -2.54. The van der Waals surface area contributed by atoms with Gasteiger partial charge in [0.2, 0.25) is 0 Å². The lowest BCUT2D eigenvalue weighted by atomic mass is 10.1. The van der Waals surface area contributed by atoms with Crippen molar-refractivity contribution in [2.75, 3.05) is 32.8 Å². The van der Waals surface area contributed by atoms with Crippen molar-refractivity contribution >= 4 is 7.82 Å². The zero-order chi connectivity index (χ0) is 21.3. The molecule has 170 valence electrons. The van der Waals surface area contributed by atoms with Crippen LogP contribution in [-0.2, 0) is 9.09 Å². The van der Waals surface area contributed by atoms with Crippen molar-refractivity contribution in [1.29, 1.82) is 0 Å². The number of phosphoric acid groups is 1. The molecule has 0 aromatic rings. The number of aliphatic hydroxyl groups is 1. The molecule has 0 rings (SSSR count). The summed E-state index contributed by atoms with van der Waals surface area (Å²) in [7, 11) is -4.54. The van der Waals surface area contributed by atoms with Crippen LogP contribution in [0.2, 0.25) is 0 Å². The molecule has 28 heavy (non-hydrogen) atoms. The van der Waals surface area contributed by atoms with E-state index in [4.69, 9.17) is 9.79 Å². The van der Waals surface area contributed by atoms with Gasteiger partial charge in [-0.05, 0) is 38.5 Å². The van der Waals surface area contributed by atoms with Crippen molar-refractivity contribution in [2.24, 2.45) is 0 Å². The maximum Gasteiger partial charge on any atom is 0.469 e. The van der Waals surface area contributed by atoms with Crippen molar-refractivity contribution in [3.8, 4) is 0 Å². The van der Waals surface area contributed by atoms with Crippen LogP contribution in [0.3, 0.4) is 0 Å². The smallest absolute Gasteiger partial charge is 0.385 e. The number of hydrogen-bond acceptors (Lipinski definition) is 3. The van der Waals surface area contributed by atoms with Crippen molar-refractivity contribution < 1.29 is 28.5 Å². The molecule has 0 aromatic carbocycles. The molecule has 6 nitrogen and oxygen atoms in total. The Bertz CT molecular complexity index is 371. The molecule has 0 aliphatic rings. The van der Waals surface area contributed by atoms with E-state index in [0.29, 0.717) is 6.54 Å². The summed E-state index contributed by atoms with van der Waals surface area (Å²) in [5, 5.41) is 10.5. The fourth-order valence-electron chi connectivity index (χ4n) is 3.91. The Balaban J connectivity index is 5.00. The van der Waals surface area contributed by atoms with E-state index in [1.807, 2.05) is 0 Å². The van der Waals surface area contributed by atoms with E-state index < -0.39 is 13.9 Å². The van der Waals surface area contributed by atoms with Crippen LogP contribution in [0.4, 0.5) is 0 Å².